The van der Waals surface area contributed by atoms with Gasteiger partial charge in [-0.05, 0) is 31.6 Å². The Labute approximate surface area is 104 Å². The molecule has 1 saturated carbocycles. The molecule has 1 aromatic heterocycles. The minimum atomic E-state index is -0.752. The fourth-order valence-electron chi connectivity index (χ4n) is 2.54. The summed E-state index contributed by atoms with van der Waals surface area (Å²) in [5.41, 5.74) is 0. The van der Waals surface area contributed by atoms with E-state index in [1.165, 1.54) is 4.57 Å². The molecule has 2 rings (SSSR count). The van der Waals surface area contributed by atoms with Crippen molar-refractivity contribution in [2.24, 2.45) is 11.8 Å². The van der Waals surface area contributed by atoms with E-state index >= 15 is 0 Å². The molecule has 1 aromatic rings. The largest absolute Gasteiger partial charge is 0.503 e. The molecule has 1 heterocycles. The van der Waals surface area contributed by atoms with Gasteiger partial charge in [0.05, 0.1) is 5.92 Å². The van der Waals surface area contributed by atoms with Crippen molar-refractivity contribution in [2.45, 2.75) is 32.2 Å². The molecule has 1 aliphatic carbocycles. The Bertz CT molecular complexity index is 446. The molecule has 0 radical (unpaired) electrons. The molecule has 0 saturated heterocycles. The lowest BCUT2D eigenvalue weighted by atomic mass is 9.82. The Hall–Kier alpha value is -1.85. The summed E-state index contributed by atoms with van der Waals surface area (Å²) in [7, 11) is 0. The van der Waals surface area contributed by atoms with E-state index < -0.39 is 5.97 Å². The summed E-state index contributed by atoms with van der Waals surface area (Å²) in [5.74, 6) is -1.67. The first-order valence-electron chi connectivity index (χ1n) is 6.02. The van der Waals surface area contributed by atoms with Crippen molar-refractivity contribution in [1.82, 2.24) is 4.57 Å². The molecule has 6 heteroatoms. The van der Waals surface area contributed by atoms with Crippen LogP contribution in [0, 0.1) is 11.8 Å². The zero-order valence-electron chi connectivity index (χ0n) is 9.91. The summed E-state index contributed by atoms with van der Waals surface area (Å²) in [6, 6.07) is 1.10. The third-order valence-corrected chi connectivity index (χ3v) is 3.66. The summed E-state index contributed by atoms with van der Waals surface area (Å²) in [4.78, 5) is 10.8. The van der Waals surface area contributed by atoms with Crippen molar-refractivity contribution in [1.29, 1.82) is 0 Å². The standard InChI is InChI=1S/C12H17NO5/c14-9-5-10(15)13(11(9)16)6-7-1-3-8(4-2-7)12(17)18/h5,7-8,14-16H,1-4,6H2,(H,17,18). The minimum absolute atomic E-state index is 0.176. The van der Waals surface area contributed by atoms with Crippen LogP contribution in [0.15, 0.2) is 6.07 Å². The summed E-state index contributed by atoms with van der Waals surface area (Å²) >= 11 is 0. The van der Waals surface area contributed by atoms with Crippen LogP contribution < -0.4 is 0 Å². The molecular formula is C12H17NO5. The van der Waals surface area contributed by atoms with Crippen LogP contribution in [0.25, 0.3) is 0 Å². The van der Waals surface area contributed by atoms with Crippen LogP contribution in [0.3, 0.4) is 0 Å². The lowest BCUT2D eigenvalue weighted by molar-refractivity contribution is -0.143. The third-order valence-electron chi connectivity index (χ3n) is 3.66. The summed E-state index contributed by atoms with van der Waals surface area (Å²) < 4.78 is 1.25. The summed E-state index contributed by atoms with van der Waals surface area (Å²) in [5, 5.41) is 37.2. The maximum absolute atomic E-state index is 10.8. The zero-order valence-corrected chi connectivity index (χ0v) is 9.91. The van der Waals surface area contributed by atoms with Gasteiger partial charge in [-0.25, -0.2) is 0 Å². The molecule has 1 fully saturated rings. The average molecular weight is 255 g/mol. The van der Waals surface area contributed by atoms with E-state index in [2.05, 4.69) is 0 Å². The number of hydrogen-bond donors (Lipinski definition) is 4. The lowest BCUT2D eigenvalue weighted by Crippen LogP contribution is -2.23. The van der Waals surface area contributed by atoms with Crippen LogP contribution in [-0.4, -0.2) is 31.0 Å². The Morgan fingerprint density at radius 3 is 2.28 bits per heavy atom. The highest BCUT2D eigenvalue weighted by Crippen LogP contribution is 2.37. The van der Waals surface area contributed by atoms with Gasteiger partial charge in [0.1, 0.15) is 0 Å². The molecule has 4 N–H and O–H groups in total. The second kappa shape index (κ2) is 4.80. The van der Waals surface area contributed by atoms with E-state index in [0.717, 1.165) is 18.9 Å². The topological polar surface area (TPSA) is 103 Å². The molecule has 0 atom stereocenters. The van der Waals surface area contributed by atoms with Crippen molar-refractivity contribution >= 4 is 5.97 Å². The van der Waals surface area contributed by atoms with Crippen molar-refractivity contribution in [3.05, 3.63) is 6.07 Å². The molecule has 18 heavy (non-hydrogen) atoms. The first kappa shape index (κ1) is 12.6. The minimum Gasteiger partial charge on any atom is -0.503 e. The van der Waals surface area contributed by atoms with Gasteiger partial charge in [-0.3, -0.25) is 9.36 Å². The maximum atomic E-state index is 10.8. The van der Waals surface area contributed by atoms with Crippen LogP contribution in [0.1, 0.15) is 25.7 Å². The molecular weight excluding hydrogens is 238 g/mol. The number of aliphatic carboxylic acids is 1. The highest BCUT2D eigenvalue weighted by molar-refractivity contribution is 5.69. The van der Waals surface area contributed by atoms with E-state index in [0.29, 0.717) is 19.4 Å². The van der Waals surface area contributed by atoms with Crippen molar-refractivity contribution in [3.63, 3.8) is 0 Å². The highest BCUT2D eigenvalue weighted by Gasteiger charge is 2.27. The van der Waals surface area contributed by atoms with Gasteiger partial charge >= 0.3 is 5.97 Å². The maximum Gasteiger partial charge on any atom is 0.306 e. The average Bonchev–Trinajstić information content (AvgIpc) is 2.57. The fraction of sp³-hybridized carbons (Fsp3) is 0.583. The molecule has 0 aliphatic heterocycles. The van der Waals surface area contributed by atoms with Crippen molar-refractivity contribution in [2.75, 3.05) is 0 Å². The Morgan fingerprint density at radius 1 is 1.22 bits per heavy atom. The third kappa shape index (κ3) is 2.37. The van der Waals surface area contributed by atoms with Gasteiger partial charge in [-0.15, -0.1) is 0 Å². The Balaban J connectivity index is 1.97. The number of nitrogens with zero attached hydrogens (tertiary/aromatic N) is 1. The number of carboxylic acid groups (broad SMARTS) is 1. The molecule has 6 nitrogen and oxygen atoms in total. The second-order valence-electron chi connectivity index (χ2n) is 4.88. The smallest absolute Gasteiger partial charge is 0.306 e. The molecule has 0 spiro atoms. The quantitative estimate of drug-likeness (QED) is 0.655. The van der Waals surface area contributed by atoms with Crippen LogP contribution in [0.2, 0.25) is 0 Å². The first-order valence-corrected chi connectivity index (χ1v) is 6.02. The molecule has 0 aromatic carbocycles. The van der Waals surface area contributed by atoms with Crippen molar-refractivity contribution < 1.29 is 25.2 Å². The number of aromatic hydroxyl groups is 3. The number of carboxylic acids is 1. The van der Waals surface area contributed by atoms with Gasteiger partial charge in [0.2, 0.25) is 5.88 Å². The normalized spacial score (nSPS) is 24.0. The summed E-state index contributed by atoms with van der Waals surface area (Å²) in [6.45, 7) is 0.393. The van der Waals surface area contributed by atoms with Gasteiger partial charge in [0.25, 0.3) is 0 Å². The number of aromatic nitrogens is 1. The number of carbonyl (C=O) groups is 1. The van der Waals surface area contributed by atoms with E-state index in [1.54, 1.807) is 0 Å². The highest BCUT2D eigenvalue weighted by atomic mass is 16.4. The van der Waals surface area contributed by atoms with E-state index in [1.807, 2.05) is 0 Å². The fourth-order valence-corrected chi connectivity index (χ4v) is 2.54. The van der Waals surface area contributed by atoms with Gasteiger partial charge < -0.3 is 20.4 Å². The molecule has 0 unspecified atom stereocenters. The molecule has 1 aliphatic rings. The number of hydrogen-bond acceptors (Lipinski definition) is 4. The second-order valence-corrected chi connectivity index (χ2v) is 4.88. The van der Waals surface area contributed by atoms with Crippen molar-refractivity contribution in [3.8, 4) is 17.5 Å². The van der Waals surface area contributed by atoms with E-state index in [9.17, 15) is 20.1 Å². The van der Waals surface area contributed by atoms with E-state index in [-0.39, 0.29) is 29.3 Å². The predicted octanol–water partition coefficient (Wildman–Crippen LogP) is 1.50. The predicted molar refractivity (Wildman–Crippen MR) is 62.5 cm³/mol. The first-order chi connectivity index (χ1) is 8.49. The zero-order chi connectivity index (χ0) is 13.3. The van der Waals surface area contributed by atoms with E-state index in [4.69, 9.17) is 5.11 Å². The molecule has 100 valence electrons. The van der Waals surface area contributed by atoms with Gasteiger partial charge in [-0.2, -0.15) is 0 Å². The van der Waals surface area contributed by atoms with Crippen LogP contribution in [0.5, 0.6) is 17.5 Å². The van der Waals surface area contributed by atoms with Crippen LogP contribution in [-0.2, 0) is 11.3 Å². The number of rotatable bonds is 3. The van der Waals surface area contributed by atoms with Gasteiger partial charge in [0, 0.05) is 12.6 Å². The Morgan fingerprint density at radius 2 is 1.83 bits per heavy atom. The SMILES string of the molecule is O=C(O)C1CCC(Cn2c(O)cc(O)c2O)CC1. The Kier molecular flexibility index (Phi) is 3.36. The summed E-state index contributed by atoms with van der Waals surface area (Å²) in [6.07, 6.45) is 2.73. The van der Waals surface area contributed by atoms with Crippen LogP contribution in [0.4, 0.5) is 0 Å². The van der Waals surface area contributed by atoms with Gasteiger partial charge in [0.15, 0.2) is 11.6 Å². The molecule has 0 amide bonds. The monoisotopic (exact) mass is 255 g/mol. The van der Waals surface area contributed by atoms with Crippen LogP contribution >= 0.6 is 0 Å². The lowest BCUT2D eigenvalue weighted by Gasteiger charge is -2.26. The molecule has 0 bridgehead atoms. The van der Waals surface area contributed by atoms with Gasteiger partial charge in [-0.1, -0.05) is 0 Å².